The number of anilines is 1. The molecular weight excluding hydrogens is 339 g/mol. The van der Waals surface area contributed by atoms with Gasteiger partial charge in [-0.15, -0.1) is 0 Å². The Hall–Kier alpha value is -2.27. The summed E-state index contributed by atoms with van der Waals surface area (Å²) in [4.78, 5) is 13.8. The summed E-state index contributed by atoms with van der Waals surface area (Å²) in [5.41, 5.74) is 4.74. The van der Waals surface area contributed by atoms with Gasteiger partial charge >= 0.3 is 6.18 Å². The van der Waals surface area contributed by atoms with Crippen LogP contribution in [-0.2, 0) is 30.6 Å². The van der Waals surface area contributed by atoms with Gasteiger partial charge in [0.25, 0.3) is 0 Å². The highest BCUT2D eigenvalue weighted by molar-refractivity contribution is 5.31. The summed E-state index contributed by atoms with van der Waals surface area (Å²) < 4.78 is 44.9. The maximum absolute atomic E-state index is 12.6. The lowest BCUT2D eigenvalue weighted by atomic mass is 10.3. The lowest BCUT2D eigenvalue weighted by Gasteiger charge is -2.26. The highest BCUT2D eigenvalue weighted by Gasteiger charge is 2.32. The average molecular weight is 357 g/mol. The molecule has 0 saturated carbocycles. The van der Waals surface area contributed by atoms with E-state index in [0.717, 1.165) is 12.4 Å². The number of ether oxygens (including phenoxy) is 1. The third kappa shape index (κ3) is 4.23. The van der Waals surface area contributed by atoms with Crippen molar-refractivity contribution in [2.45, 2.75) is 38.8 Å². The van der Waals surface area contributed by atoms with Crippen LogP contribution < -0.4 is 10.6 Å². The number of halogens is 3. The van der Waals surface area contributed by atoms with Gasteiger partial charge in [0.05, 0.1) is 25.3 Å². The first kappa shape index (κ1) is 17.5. The molecule has 8 nitrogen and oxygen atoms in total. The summed E-state index contributed by atoms with van der Waals surface area (Å²) in [7, 11) is 0. The van der Waals surface area contributed by atoms with Gasteiger partial charge in [-0.3, -0.25) is 0 Å². The fourth-order valence-electron chi connectivity index (χ4n) is 2.39. The monoisotopic (exact) mass is 357 g/mol. The van der Waals surface area contributed by atoms with E-state index < -0.39 is 11.7 Å². The van der Waals surface area contributed by atoms with E-state index >= 15 is 0 Å². The third-order valence-electron chi connectivity index (χ3n) is 3.57. The Morgan fingerprint density at radius 2 is 2.00 bits per heavy atom. The Morgan fingerprint density at radius 3 is 2.64 bits per heavy atom. The van der Waals surface area contributed by atoms with Crippen LogP contribution in [0.25, 0.3) is 0 Å². The lowest BCUT2D eigenvalue weighted by molar-refractivity contribution is -0.138. The highest BCUT2D eigenvalue weighted by Crippen LogP contribution is 2.28. The SMILES string of the molecule is C[C@H](N)COCc1nc2n(n1)CCN(c1ncc(C(F)(F)F)cn1)C2. The summed E-state index contributed by atoms with van der Waals surface area (Å²) in [5.74, 6) is 1.47. The van der Waals surface area contributed by atoms with E-state index in [0.29, 0.717) is 37.9 Å². The van der Waals surface area contributed by atoms with Gasteiger partial charge in [0.1, 0.15) is 12.4 Å². The van der Waals surface area contributed by atoms with Crippen LogP contribution in [0.4, 0.5) is 19.1 Å². The zero-order valence-electron chi connectivity index (χ0n) is 13.6. The first-order chi connectivity index (χ1) is 11.8. The van der Waals surface area contributed by atoms with Crippen LogP contribution in [0.5, 0.6) is 0 Å². The summed E-state index contributed by atoms with van der Waals surface area (Å²) in [6, 6.07) is -0.0652. The number of rotatable bonds is 5. The highest BCUT2D eigenvalue weighted by atomic mass is 19.4. The second kappa shape index (κ2) is 6.92. The topological polar surface area (TPSA) is 95.0 Å². The van der Waals surface area contributed by atoms with Gasteiger partial charge in [-0.05, 0) is 6.92 Å². The predicted octanol–water partition coefficient (Wildman–Crippen LogP) is 0.971. The maximum atomic E-state index is 12.6. The second-order valence-corrected chi connectivity index (χ2v) is 5.85. The molecule has 0 bridgehead atoms. The van der Waals surface area contributed by atoms with E-state index in [1.54, 1.807) is 9.58 Å². The molecule has 0 spiro atoms. The summed E-state index contributed by atoms with van der Waals surface area (Å²) in [6.45, 7) is 3.95. The van der Waals surface area contributed by atoms with Crippen LogP contribution in [0.3, 0.4) is 0 Å². The Bertz CT molecular complexity index is 714. The van der Waals surface area contributed by atoms with E-state index in [1.165, 1.54) is 0 Å². The smallest absolute Gasteiger partial charge is 0.372 e. The summed E-state index contributed by atoms with van der Waals surface area (Å²) >= 11 is 0. The summed E-state index contributed by atoms with van der Waals surface area (Å²) in [6.07, 6.45) is -2.87. The molecule has 0 aromatic carbocycles. The largest absolute Gasteiger partial charge is 0.419 e. The molecule has 136 valence electrons. The quantitative estimate of drug-likeness (QED) is 0.852. The minimum absolute atomic E-state index is 0.0652. The molecule has 1 aliphatic rings. The van der Waals surface area contributed by atoms with E-state index in [1.807, 2.05) is 6.92 Å². The number of fused-ring (bicyclic) bond motifs is 1. The molecule has 2 aromatic heterocycles. The van der Waals surface area contributed by atoms with Crippen LogP contribution in [0.1, 0.15) is 24.1 Å². The predicted molar refractivity (Wildman–Crippen MR) is 81.4 cm³/mol. The van der Waals surface area contributed by atoms with Gasteiger partial charge in [-0.1, -0.05) is 0 Å². The van der Waals surface area contributed by atoms with Crippen LogP contribution in [0.15, 0.2) is 12.4 Å². The Morgan fingerprint density at radius 1 is 1.28 bits per heavy atom. The van der Waals surface area contributed by atoms with Crippen molar-refractivity contribution in [3.05, 3.63) is 29.6 Å². The first-order valence-corrected chi connectivity index (χ1v) is 7.73. The van der Waals surface area contributed by atoms with Crippen LogP contribution >= 0.6 is 0 Å². The van der Waals surface area contributed by atoms with E-state index in [4.69, 9.17) is 10.5 Å². The van der Waals surface area contributed by atoms with Crippen molar-refractivity contribution in [3.8, 4) is 0 Å². The molecule has 2 aromatic rings. The third-order valence-corrected chi connectivity index (χ3v) is 3.57. The molecule has 1 atom stereocenters. The molecule has 3 rings (SSSR count). The average Bonchev–Trinajstić information content (AvgIpc) is 2.95. The van der Waals surface area contributed by atoms with Gasteiger partial charge < -0.3 is 15.4 Å². The Balaban J connectivity index is 1.65. The van der Waals surface area contributed by atoms with Crippen molar-refractivity contribution >= 4 is 5.95 Å². The second-order valence-electron chi connectivity index (χ2n) is 5.85. The fraction of sp³-hybridized carbons (Fsp3) is 0.571. The zero-order valence-corrected chi connectivity index (χ0v) is 13.6. The number of hydrogen-bond donors (Lipinski definition) is 1. The molecule has 0 radical (unpaired) electrons. The van der Waals surface area contributed by atoms with Gasteiger partial charge in [-0.2, -0.15) is 18.3 Å². The summed E-state index contributed by atoms with van der Waals surface area (Å²) in [5, 5.41) is 4.35. The fourth-order valence-corrected chi connectivity index (χ4v) is 2.39. The van der Waals surface area contributed by atoms with Crippen molar-refractivity contribution in [1.82, 2.24) is 24.7 Å². The van der Waals surface area contributed by atoms with Crippen LogP contribution in [-0.4, -0.2) is 43.9 Å². The molecular formula is C14H18F3N7O. The van der Waals surface area contributed by atoms with Crippen molar-refractivity contribution in [1.29, 1.82) is 0 Å². The van der Waals surface area contributed by atoms with Crippen molar-refractivity contribution in [2.75, 3.05) is 18.1 Å². The molecule has 0 aliphatic carbocycles. The van der Waals surface area contributed by atoms with Gasteiger partial charge in [0, 0.05) is 25.0 Å². The molecule has 0 saturated heterocycles. The molecule has 3 heterocycles. The maximum Gasteiger partial charge on any atom is 0.419 e. The number of aromatic nitrogens is 5. The van der Waals surface area contributed by atoms with E-state index in [2.05, 4.69) is 20.1 Å². The van der Waals surface area contributed by atoms with Crippen LogP contribution in [0.2, 0.25) is 0 Å². The number of nitrogens with zero attached hydrogens (tertiary/aromatic N) is 6. The zero-order chi connectivity index (χ0) is 18.0. The number of alkyl halides is 3. The molecule has 25 heavy (non-hydrogen) atoms. The van der Waals surface area contributed by atoms with E-state index in [-0.39, 0.29) is 18.6 Å². The Kier molecular flexibility index (Phi) is 4.86. The lowest BCUT2D eigenvalue weighted by Crippen LogP contribution is -2.35. The minimum atomic E-state index is -4.45. The van der Waals surface area contributed by atoms with Crippen molar-refractivity contribution in [3.63, 3.8) is 0 Å². The normalized spacial score (nSPS) is 16.0. The van der Waals surface area contributed by atoms with Crippen molar-refractivity contribution < 1.29 is 17.9 Å². The first-order valence-electron chi connectivity index (χ1n) is 7.73. The molecule has 0 unspecified atom stereocenters. The van der Waals surface area contributed by atoms with Gasteiger partial charge in [0.2, 0.25) is 5.95 Å². The minimum Gasteiger partial charge on any atom is -0.372 e. The standard InChI is InChI=1S/C14H18F3N7O/c1-9(18)7-25-8-11-21-12-6-23(2-3-24(12)22-11)13-19-4-10(5-20-13)14(15,16)17/h4-5,9H,2-3,6-8,18H2,1H3/t9-/m0/s1. The molecule has 0 amide bonds. The van der Waals surface area contributed by atoms with E-state index in [9.17, 15) is 13.2 Å². The number of nitrogens with two attached hydrogens (primary N) is 1. The number of hydrogen-bond acceptors (Lipinski definition) is 7. The molecule has 11 heteroatoms. The van der Waals surface area contributed by atoms with Crippen molar-refractivity contribution in [2.24, 2.45) is 5.73 Å². The van der Waals surface area contributed by atoms with Crippen LogP contribution in [0, 0.1) is 0 Å². The molecule has 2 N–H and O–H groups in total. The molecule has 1 aliphatic heterocycles. The van der Waals surface area contributed by atoms with Gasteiger partial charge in [-0.25, -0.2) is 19.6 Å². The Labute approximate surface area is 141 Å². The molecule has 0 fully saturated rings. The van der Waals surface area contributed by atoms with Gasteiger partial charge in [0.15, 0.2) is 5.82 Å².